The number of nitrogens with one attached hydrogen (secondary N) is 1. The van der Waals surface area contributed by atoms with Gasteiger partial charge in [0.15, 0.2) is 0 Å². The Morgan fingerprint density at radius 2 is 1.17 bits per heavy atom. The van der Waals surface area contributed by atoms with Gasteiger partial charge in [0.25, 0.3) is 0 Å². The topological polar surface area (TPSA) is 72.2 Å². The fourth-order valence-electron chi connectivity index (χ4n) is 4.34. The van der Waals surface area contributed by atoms with Crippen molar-refractivity contribution >= 4 is 34.1 Å². The molecule has 0 aliphatic heterocycles. The van der Waals surface area contributed by atoms with E-state index < -0.39 is 0 Å². The van der Waals surface area contributed by atoms with Crippen LogP contribution in [0, 0.1) is 0 Å². The molecular formula is C30H29N5. The standard InChI is InChI=1S/C30H29N5/c1-34(28-8-4-6-24(32)20-28)27-15-11-22(12-16-27)30-18-17-29(35(30)2)21-9-13-25(14-10-21)33-26-7-3-5-23(31)19-26/h3-20,33H,31-32H2,1-2H3. The van der Waals surface area contributed by atoms with E-state index in [4.69, 9.17) is 11.5 Å². The molecule has 0 aliphatic carbocycles. The molecule has 4 aromatic carbocycles. The van der Waals surface area contributed by atoms with Gasteiger partial charge in [0.2, 0.25) is 0 Å². The zero-order valence-electron chi connectivity index (χ0n) is 19.9. The lowest BCUT2D eigenvalue weighted by Crippen LogP contribution is -2.09. The minimum atomic E-state index is 0.743. The van der Waals surface area contributed by atoms with Gasteiger partial charge >= 0.3 is 0 Å². The maximum Gasteiger partial charge on any atom is 0.0482 e. The molecule has 174 valence electrons. The van der Waals surface area contributed by atoms with Crippen LogP contribution in [0.4, 0.5) is 34.1 Å². The molecule has 5 aromatic rings. The molecule has 0 amide bonds. The molecule has 0 atom stereocenters. The minimum Gasteiger partial charge on any atom is -0.399 e. The lowest BCUT2D eigenvalue weighted by Gasteiger charge is -2.20. The summed E-state index contributed by atoms with van der Waals surface area (Å²) < 4.78 is 2.23. The molecule has 0 aliphatic rings. The highest BCUT2D eigenvalue weighted by Crippen LogP contribution is 2.32. The van der Waals surface area contributed by atoms with Crippen LogP contribution in [-0.4, -0.2) is 11.6 Å². The molecular weight excluding hydrogens is 430 g/mol. The zero-order chi connectivity index (χ0) is 24.4. The Labute approximate surface area is 206 Å². The molecule has 0 saturated heterocycles. The van der Waals surface area contributed by atoms with E-state index >= 15 is 0 Å². The second kappa shape index (κ2) is 9.31. The quantitative estimate of drug-likeness (QED) is 0.238. The first-order valence-corrected chi connectivity index (χ1v) is 11.6. The van der Waals surface area contributed by atoms with Crippen molar-refractivity contribution in [1.29, 1.82) is 0 Å². The summed E-state index contributed by atoms with van der Waals surface area (Å²) in [6.45, 7) is 0. The van der Waals surface area contributed by atoms with Gasteiger partial charge in [-0.25, -0.2) is 0 Å². The van der Waals surface area contributed by atoms with Crippen molar-refractivity contribution < 1.29 is 0 Å². The molecule has 5 heteroatoms. The van der Waals surface area contributed by atoms with Crippen molar-refractivity contribution in [3.63, 3.8) is 0 Å². The predicted molar refractivity (Wildman–Crippen MR) is 149 cm³/mol. The summed E-state index contributed by atoms with van der Waals surface area (Å²) in [7, 11) is 4.16. The molecule has 0 bridgehead atoms. The van der Waals surface area contributed by atoms with Crippen LogP contribution in [0.5, 0.6) is 0 Å². The molecule has 0 spiro atoms. The predicted octanol–water partition coefficient (Wildman–Crippen LogP) is 7.04. The van der Waals surface area contributed by atoms with Crippen LogP contribution in [0.15, 0.2) is 109 Å². The summed E-state index contributed by atoms with van der Waals surface area (Å²) in [6, 6.07) is 37.1. The van der Waals surface area contributed by atoms with E-state index in [1.54, 1.807) is 0 Å². The van der Waals surface area contributed by atoms with Crippen molar-refractivity contribution in [3.05, 3.63) is 109 Å². The third kappa shape index (κ3) is 4.70. The number of hydrogen-bond acceptors (Lipinski definition) is 4. The number of nitrogens with zero attached hydrogens (tertiary/aromatic N) is 2. The van der Waals surface area contributed by atoms with Crippen LogP contribution in [0.1, 0.15) is 0 Å². The number of benzene rings is 4. The smallest absolute Gasteiger partial charge is 0.0482 e. The number of anilines is 6. The maximum atomic E-state index is 5.95. The molecule has 5 rings (SSSR count). The normalized spacial score (nSPS) is 10.8. The van der Waals surface area contributed by atoms with E-state index in [1.807, 2.05) is 42.5 Å². The summed E-state index contributed by atoms with van der Waals surface area (Å²) in [4.78, 5) is 2.13. The van der Waals surface area contributed by atoms with Gasteiger partial charge in [-0.3, -0.25) is 0 Å². The third-order valence-corrected chi connectivity index (χ3v) is 6.29. The zero-order valence-corrected chi connectivity index (χ0v) is 19.9. The van der Waals surface area contributed by atoms with Gasteiger partial charge in [-0.1, -0.05) is 36.4 Å². The van der Waals surface area contributed by atoms with Crippen molar-refractivity contribution in [1.82, 2.24) is 4.57 Å². The fourth-order valence-corrected chi connectivity index (χ4v) is 4.34. The average molecular weight is 460 g/mol. The van der Waals surface area contributed by atoms with E-state index in [0.29, 0.717) is 0 Å². The van der Waals surface area contributed by atoms with Gasteiger partial charge in [0, 0.05) is 59.6 Å². The molecule has 35 heavy (non-hydrogen) atoms. The van der Waals surface area contributed by atoms with Gasteiger partial charge in [-0.2, -0.15) is 0 Å². The van der Waals surface area contributed by atoms with Crippen LogP contribution in [0.3, 0.4) is 0 Å². The Balaban J connectivity index is 1.34. The van der Waals surface area contributed by atoms with Gasteiger partial charge in [0.1, 0.15) is 0 Å². The van der Waals surface area contributed by atoms with E-state index in [-0.39, 0.29) is 0 Å². The van der Waals surface area contributed by atoms with Gasteiger partial charge in [-0.15, -0.1) is 0 Å². The van der Waals surface area contributed by atoms with Gasteiger partial charge in [0.05, 0.1) is 0 Å². The largest absolute Gasteiger partial charge is 0.399 e. The Kier molecular flexibility index (Phi) is 5.90. The Hall–Kier alpha value is -4.64. The molecule has 0 saturated carbocycles. The summed E-state index contributed by atoms with van der Waals surface area (Å²) in [6.07, 6.45) is 0. The Morgan fingerprint density at radius 3 is 1.77 bits per heavy atom. The molecule has 0 fully saturated rings. The van der Waals surface area contributed by atoms with Crippen LogP contribution in [0.2, 0.25) is 0 Å². The van der Waals surface area contributed by atoms with Gasteiger partial charge < -0.3 is 26.3 Å². The van der Waals surface area contributed by atoms with Gasteiger partial charge in [-0.05, 0) is 83.9 Å². The van der Waals surface area contributed by atoms with Crippen LogP contribution in [0.25, 0.3) is 22.5 Å². The van der Waals surface area contributed by atoms with Crippen molar-refractivity contribution in [2.75, 3.05) is 28.7 Å². The molecule has 0 radical (unpaired) electrons. The molecule has 1 heterocycles. The number of nitrogens with two attached hydrogens (primary N) is 2. The lowest BCUT2D eigenvalue weighted by molar-refractivity contribution is 0.946. The highest BCUT2D eigenvalue weighted by Gasteiger charge is 2.10. The Morgan fingerprint density at radius 1 is 0.600 bits per heavy atom. The maximum absolute atomic E-state index is 5.95. The third-order valence-electron chi connectivity index (χ3n) is 6.29. The summed E-state index contributed by atoms with van der Waals surface area (Å²) in [5.41, 5.74) is 22.2. The van der Waals surface area contributed by atoms with Crippen LogP contribution >= 0.6 is 0 Å². The summed E-state index contributed by atoms with van der Waals surface area (Å²) in [5, 5.41) is 3.40. The fraction of sp³-hybridized carbons (Fsp3) is 0.0667. The van der Waals surface area contributed by atoms with Crippen molar-refractivity contribution in [2.24, 2.45) is 7.05 Å². The Bertz CT molecular complexity index is 1450. The minimum absolute atomic E-state index is 0.743. The second-order valence-corrected chi connectivity index (χ2v) is 8.69. The highest BCUT2D eigenvalue weighted by molar-refractivity contribution is 5.74. The van der Waals surface area contributed by atoms with E-state index in [0.717, 1.165) is 45.4 Å². The lowest BCUT2D eigenvalue weighted by atomic mass is 10.1. The van der Waals surface area contributed by atoms with E-state index in [1.165, 1.54) is 11.3 Å². The van der Waals surface area contributed by atoms with E-state index in [9.17, 15) is 0 Å². The molecule has 1 aromatic heterocycles. The summed E-state index contributed by atoms with van der Waals surface area (Å²) in [5.74, 6) is 0. The number of aromatic nitrogens is 1. The van der Waals surface area contributed by atoms with Crippen molar-refractivity contribution in [2.45, 2.75) is 0 Å². The average Bonchev–Trinajstić information content (AvgIpc) is 3.25. The summed E-state index contributed by atoms with van der Waals surface area (Å²) >= 11 is 0. The second-order valence-electron chi connectivity index (χ2n) is 8.69. The highest BCUT2D eigenvalue weighted by atomic mass is 15.1. The number of rotatable bonds is 6. The van der Waals surface area contributed by atoms with Crippen LogP contribution in [-0.2, 0) is 7.05 Å². The first-order chi connectivity index (χ1) is 17.0. The monoisotopic (exact) mass is 459 g/mol. The van der Waals surface area contributed by atoms with Crippen LogP contribution < -0.4 is 21.7 Å². The molecule has 5 nitrogen and oxygen atoms in total. The van der Waals surface area contributed by atoms with Crippen molar-refractivity contribution in [3.8, 4) is 22.5 Å². The van der Waals surface area contributed by atoms with E-state index in [2.05, 4.69) is 95.6 Å². The number of nitrogen functional groups attached to an aromatic ring is 2. The first kappa shape index (κ1) is 22.2. The first-order valence-electron chi connectivity index (χ1n) is 11.6. The molecule has 0 unspecified atom stereocenters. The molecule has 5 N–H and O–H groups in total. The SMILES string of the molecule is CN(c1ccc(-c2ccc(-c3ccc(Nc4cccc(N)c4)cc3)n2C)cc1)c1cccc(N)c1. The number of hydrogen-bond donors (Lipinski definition) is 3.